The predicted molar refractivity (Wildman–Crippen MR) is 76.0 cm³/mol. The summed E-state index contributed by atoms with van der Waals surface area (Å²) in [5.74, 6) is 0.304. The van der Waals surface area contributed by atoms with Gasteiger partial charge in [-0.3, -0.25) is 9.59 Å². The molecule has 0 aliphatic carbocycles. The highest BCUT2D eigenvalue weighted by Gasteiger charge is 2.19. The van der Waals surface area contributed by atoms with Crippen LogP contribution in [0.5, 0.6) is 5.75 Å². The molecule has 96 valence electrons. The Bertz CT molecular complexity index is 680. The predicted octanol–water partition coefficient (Wildman–Crippen LogP) is 3.07. The lowest BCUT2D eigenvalue weighted by molar-refractivity contribution is -0.118. The maximum Gasteiger partial charge on any atom is 0.262 e. The number of rotatable bonds is 2. The number of fused-ring (bicyclic) bond motifs is 1. The molecule has 0 spiro atoms. The van der Waals surface area contributed by atoms with E-state index in [4.69, 9.17) is 4.74 Å². The molecule has 1 N–H and O–H groups in total. The van der Waals surface area contributed by atoms with Crippen molar-refractivity contribution in [3.63, 3.8) is 0 Å². The molecule has 0 radical (unpaired) electrons. The van der Waals surface area contributed by atoms with E-state index in [1.807, 2.05) is 6.07 Å². The van der Waals surface area contributed by atoms with E-state index in [1.54, 1.807) is 24.3 Å². The first kappa shape index (κ1) is 12.4. The second-order valence-corrected chi connectivity index (χ2v) is 6.44. The molecule has 1 aliphatic heterocycles. The molecule has 1 amide bonds. The van der Waals surface area contributed by atoms with Crippen LogP contribution in [0, 0.1) is 0 Å². The summed E-state index contributed by atoms with van der Waals surface area (Å²) >= 11 is 4.71. The van der Waals surface area contributed by atoms with Gasteiger partial charge in [0.05, 0.1) is 14.4 Å². The van der Waals surface area contributed by atoms with E-state index in [-0.39, 0.29) is 18.3 Å². The van der Waals surface area contributed by atoms with Gasteiger partial charge in [0.25, 0.3) is 5.91 Å². The van der Waals surface area contributed by atoms with Crippen LogP contribution in [0.1, 0.15) is 15.2 Å². The van der Waals surface area contributed by atoms with E-state index < -0.39 is 0 Å². The van der Waals surface area contributed by atoms with Gasteiger partial charge < -0.3 is 10.1 Å². The Balaban J connectivity index is 1.96. The molecule has 2 heterocycles. The van der Waals surface area contributed by atoms with Crippen molar-refractivity contribution in [1.82, 2.24) is 0 Å². The van der Waals surface area contributed by atoms with Gasteiger partial charge in [-0.05, 0) is 46.3 Å². The van der Waals surface area contributed by atoms with E-state index in [1.165, 1.54) is 11.3 Å². The van der Waals surface area contributed by atoms with E-state index in [2.05, 4.69) is 21.2 Å². The number of carbonyl (C=O) groups is 2. The summed E-state index contributed by atoms with van der Waals surface area (Å²) < 4.78 is 6.16. The van der Waals surface area contributed by atoms with Crippen molar-refractivity contribution in [2.45, 2.75) is 0 Å². The lowest BCUT2D eigenvalue weighted by Gasteiger charge is -2.18. The summed E-state index contributed by atoms with van der Waals surface area (Å²) in [4.78, 5) is 24.2. The van der Waals surface area contributed by atoms with Crippen molar-refractivity contribution in [3.05, 3.63) is 44.6 Å². The average Bonchev–Trinajstić information content (AvgIpc) is 2.83. The van der Waals surface area contributed by atoms with E-state index >= 15 is 0 Å². The Morgan fingerprint density at radius 3 is 2.89 bits per heavy atom. The fourth-order valence-electron chi connectivity index (χ4n) is 1.80. The van der Waals surface area contributed by atoms with Crippen LogP contribution in [0.25, 0.3) is 0 Å². The summed E-state index contributed by atoms with van der Waals surface area (Å²) in [6.07, 6.45) is 0. The highest BCUT2D eigenvalue weighted by Crippen LogP contribution is 2.30. The zero-order chi connectivity index (χ0) is 13.4. The zero-order valence-corrected chi connectivity index (χ0v) is 12.0. The first-order valence-corrected chi connectivity index (χ1v) is 7.11. The summed E-state index contributed by atoms with van der Waals surface area (Å²) in [6, 6.07) is 8.64. The van der Waals surface area contributed by atoms with Crippen LogP contribution in [-0.2, 0) is 4.79 Å². The van der Waals surface area contributed by atoms with Crippen LogP contribution in [0.15, 0.2) is 34.1 Å². The monoisotopic (exact) mass is 337 g/mol. The third kappa shape index (κ3) is 2.41. The molecule has 19 heavy (non-hydrogen) atoms. The van der Waals surface area contributed by atoms with Crippen molar-refractivity contribution < 1.29 is 14.3 Å². The largest absolute Gasteiger partial charge is 0.482 e. The minimum absolute atomic E-state index is 0.0121. The Kier molecular flexibility index (Phi) is 3.12. The number of ether oxygens (including phenoxy) is 1. The van der Waals surface area contributed by atoms with Crippen LogP contribution in [0.4, 0.5) is 5.69 Å². The second kappa shape index (κ2) is 4.79. The molecule has 6 heteroatoms. The smallest absolute Gasteiger partial charge is 0.262 e. The molecule has 0 fully saturated rings. The number of thiophene rings is 1. The van der Waals surface area contributed by atoms with Crippen molar-refractivity contribution >= 4 is 44.6 Å². The molecule has 0 saturated carbocycles. The number of nitrogens with one attached hydrogen (secondary N) is 1. The Hall–Kier alpha value is -1.66. The lowest BCUT2D eigenvalue weighted by Crippen LogP contribution is -2.25. The normalized spacial score (nSPS) is 13.4. The van der Waals surface area contributed by atoms with Gasteiger partial charge in [-0.15, -0.1) is 11.3 Å². The van der Waals surface area contributed by atoms with Crippen LogP contribution in [0.3, 0.4) is 0 Å². The number of anilines is 1. The van der Waals surface area contributed by atoms with Gasteiger partial charge >= 0.3 is 0 Å². The van der Waals surface area contributed by atoms with Crippen LogP contribution >= 0.6 is 27.3 Å². The van der Waals surface area contributed by atoms with Crippen molar-refractivity contribution in [3.8, 4) is 5.75 Å². The molecule has 3 rings (SSSR count). The standard InChI is InChI=1S/C13H8BrNO3S/c14-11-4-3-10(19-11)13(17)7-1-2-9-8(5-7)15-12(16)6-18-9/h1-5H,6H2,(H,15,16). The maximum atomic E-state index is 12.3. The first-order chi connectivity index (χ1) is 9.13. The fraction of sp³-hybridized carbons (Fsp3) is 0.0769. The Morgan fingerprint density at radius 2 is 2.16 bits per heavy atom. The van der Waals surface area contributed by atoms with Crippen molar-refractivity contribution in [1.29, 1.82) is 0 Å². The van der Waals surface area contributed by atoms with Gasteiger partial charge in [-0.25, -0.2) is 0 Å². The molecule has 0 unspecified atom stereocenters. The molecule has 0 saturated heterocycles. The van der Waals surface area contributed by atoms with Gasteiger partial charge in [0.1, 0.15) is 5.75 Å². The second-order valence-electron chi connectivity index (χ2n) is 3.98. The lowest BCUT2D eigenvalue weighted by atomic mass is 10.1. The van der Waals surface area contributed by atoms with E-state index in [0.717, 1.165) is 3.79 Å². The first-order valence-electron chi connectivity index (χ1n) is 5.50. The molecule has 0 atom stereocenters. The number of hydrogen-bond acceptors (Lipinski definition) is 4. The molecule has 2 aromatic rings. The third-order valence-electron chi connectivity index (χ3n) is 2.67. The van der Waals surface area contributed by atoms with Crippen LogP contribution in [-0.4, -0.2) is 18.3 Å². The molecular weight excluding hydrogens is 330 g/mol. The third-order valence-corrected chi connectivity index (χ3v) is 4.29. The number of benzene rings is 1. The highest BCUT2D eigenvalue weighted by molar-refractivity contribution is 9.11. The number of halogens is 1. The molecule has 1 aromatic heterocycles. The van der Waals surface area contributed by atoms with E-state index in [0.29, 0.717) is 21.9 Å². The highest BCUT2D eigenvalue weighted by atomic mass is 79.9. The van der Waals surface area contributed by atoms with Crippen LogP contribution < -0.4 is 10.1 Å². The zero-order valence-electron chi connectivity index (χ0n) is 9.60. The van der Waals surface area contributed by atoms with Gasteiger partial charge in [-0.1, -0.05) is 0 Å². The maximum absolute atomic E-state index is 12.3. The minimum Gasteiger partial charge on any atom is -0.482 e. The van der Waals surface area contributed by atoms with Gasteiger partial charge in [0.15, 0.2) is 6.61 Å². The van der Waals surface area contributed by atoms with Crippen LogP contribution in [0.2, 0.25) is 0 Å². The SMILES string of the molecule is O=C1COc2ccc(C(=O)c3ccc(Br)s3)cc2N1. The summed E-state index contributed by atoms with van der Waals surface area (Å²) in [6.45, 7) is 0.0121. The van der Waals surface area contributed by atoms with Gasteiger partial charge in [-0.2, -0.15) is 0 Å². The van der Waals surface area contributed by atoms with E-state index in [9.17, 15) is 9.59 Å². The minimum atomic E-state index is -0.212. The summed E-state index contributed by atoms with van der Waals surface area (Å²) in [5.41, 5.74) is 1.07. The molecule has 1 aliphatic rings. The van der Waals surface area contributed by atoms with Crippen molar-refractivity contribution in [2.24, 2.45) is 0 Å². The summed E-state index contributed by atoms with van der Waals surface area (Å²) in [5, 5.41) is 2.69. The molecular formula is C13H8BrNO3S. The topological polar surface area (TPSA) is 55.4 Å². The number of hydrogen-bond donors (Lipinski definition) is 1. The van der Waals surface area contributed by atoms with Gasteiger partial charge in [0.2, 0.25) is 5.78 Å². The molecule has 1 aromatic carbocycles. The summed E-state index contributed by atoms with van der Waals surface area (Å²) in [7, 11) is 0. The molecule has 0 bridgehead atoms. The van der Waals surface area contributed by atoms with Crippen molar-refractivity contribution in [2.75, 3.05) is 11.9 Å². The Labute approximate surface area is 121 Å². The number of carbonyl (C=O) groups excluding carboxylic acids is 2. The average molecular weight is 338 g/mol. The molecule has 4 nitrogen and oxygen atoms in total. The fourth-order valence-corrected chi connectivity index (χ4v) is 3.15. The van der Waals surface area contributed by atoms with Gasteiger partial charge in [0, 0.05) is 5.56 Å². The number of ketones is 1. The number of amides is 1. The quantitative estimate of drug-likeness (QED) is 0.857. The Morgan fingerprint density at radius 1 is 1.32 bits per heavy atom.